The van der Waals surface area contributed by atoms with Gasteiger partial charge < -0.3 is 20.5 Å². The highest BCUT2D eigenvalue weighted by Gasteiger charge is 2.27. The van der Waals surface area contributed by atoms with Crippen LogP contribution in [0, 0.1) is 17.8 Å². The van der Waals surface area contributed by atoms with Crippen molar-refractivity contribution < 1.29 is 14.6 Å². The van der Waals surface area contributed by atoms with Crippen molar-refractivity contribution in [2.45, 2.75) is 90.5 Å². The standard InChI is InChI=1S/C31H43ClN2O3/c1-4-22(17-30(35)36)24-12-15-27(34-31(20(2)3)23-8-6-5-7-9-23)28(16-24)33-25-13-14-26(32)29(18-25)37-19-21-10-11-21/h12-16,18,20-23,31,33-34H,4-11,17,19H2,1-3H3,(H,35,36). The first-order chi connectivity index (χ1) is 17.8. The number of anilines is 3. The molecule has 0 aliphatic heterocycles. The van der Waals surface area contributed by atoms with E-state index in [-0.39, 0.29) is 12.3 Å². The van der Waals surface area contributed by atoms with Gasteiger partial charge in [-0.3, -0.25) is 4.79 Å². The zero-order valence-electron chi connectivity index (χ0n) is 22.6. The number of carboxylic acid groups (broad SMARTS) is 1. The summed E-state index contributed by atoms with van der Waals surface area (Å²) in [6, 6.07) is 12.5. The quantitative estimate of drug-likeness (QED) is 0.243. The normalized spacial score (nSPS) is 17.9. The first-order valence-electron chi connectivity index (χ1n) is 14.2. The van der Waals surface area contributed by atoms with Crippen molar-refractivity contribution in [3.8, 4) is 5.75 Å². The lowest BCUT2D eigenvalue weighted by atomic mass is 9.79. The molecule has 0 heterocycles. The number of halogens is 1. The van der Waals surface area contributed by atoms with Crippen molar-refractivity contribution in [3.05, 3.63) is 47.0 Å². The van der Waals surface area contributed by atoms with Crippen molar-refractivity contribution in [2.24, 2.45) is 17.8 Å². The zero-order valence-corrected chi connectivity index (χ0v) is 23.3. The van der Waals surface area contributed by atoms with Gasteiger partial charge in [0.1, 0.15) is 5.75 Å². The van der Waals surface area contributed by atoms with Crippen LogP contribution in [0.2, 0.25) is 5.02 Å². The fourth-order valence-electron chi connectivity index (χ4n) is 5.59. The number of carboxylic acids is 1. The maximum Gasteiger partial charge on any atom is 0.303 e. The number of hydrogen-bond donors (Lipinski definition) is 3. The van der Waals surface area contributed by atoms with E-state index in [9.17, 15) is 9.90 Å². The first-order valence-corrected chi connectivity index (χ1v) is 14.5. The van der Waals surface area contributed by atoms with E-state index in [1.54, 1.807) is 0 Å². The molecule has 5 nitrogen and oxygen atoms in total. The van der Waals surface area contributed by atoms with Crippen molar-refractivity contribution in [2.75, 3.05) is 17.2 Å². The minimum Gasteiger partial charge on any atom is -0.492 e. The molecule has 2 aromatic carbocycles. The second-order valence-corrected chi connectivity index (χ2v) is 11.8. The Morgan fingerprint density at radius 1 is 1.05 bits per heavy atom. The maximum absolute atomic E-state index is 11.5. The Labute approximate surface area is 227 Å². The Hall–Kier alpha value is -2.40. The summed E-state index contributed by atoms with van der Waals surface area (Å²) in [6.07, 6.45) is 9.84. The minimum absolute atomic E-state index is 0.0333. The van der Waals surface area contributed by atoms with Crippen LogP contribution >= 0.6 is 11.6 Å². The highest BCUT2D eigenvalue weighted by Crippen LogP contribution is 2.38. The van der Waals surface area contributed by atoms with Crippen LogP contribution in [0.25, 0.3) is 0 Å². The van der Waals surface area contributed by atoms with Crippen LogP contribution in [0.3, 0.4) is 0 Å². The van der Waals surface area contributed by atoms with Gasteiger partial charge in [-0.15, -0.1) is 0 Å². The van der Waals surface area contributed by atoms with E-state index < -0.39 is 5.97 Å². The summed E-state index contributed by atoms with van der Waals surface area (Å²) in [5.41, 5.74) is 3.95. The summed E-state index contributed by atoms with van der Waals surface area (Å²) in [5.74, 6) is 1.71. The second kappa shape index (κ2) is 12.9. The van der Waals surface area contributed by atoms with Crippen molar-refractivity contribution in [3.63, 3.8) is 0 Å². The van der Waals surface area contributed by atoms with Crippen molar-refractivity contribution >= 4 is 34.6 Å². The number of ether oxygens (including phenoxy) is 1. The van der Waals surface area contributed by atoms with E-state index in [4.69, 9.17) is 16.3 Å². The molecule has 4 rings (SSSR count). The van der Waals surface area contributed by atoms with Gasteiger partial charge in [-0.2, -0.15) is 0 Å². The molecule has 2 aliphatic carbocycles. The topological polar surface area (TPSA) is 70.6 Å². The lowest BCUT2D eigenvalue weighted by Crippen LogP contribution is -2.35. The van der Waals surface area contributed by atoms with E-state index in [1.165, 1.54) is 44.9 Å². The zero-order chi connectivity index (χ0) is 26.4. The Morgan fingerprint density at radius 3 is 2.46 bits per heavy atom. The van der Waals surface area contributed by atoms with Crippen LogP contribution in [0.4, 0.5) is 17.1 Å². The van der Waals surface area contributed by atoms with Gasteiger partial charge in [0, 0.05) is 17.8 Å². The molecule has 3 N–H and O–H groups in total. The lowest BCUT2D eigenvalue weighted by Gasteiger charge is -2.35. The van der Waals surface area contributed by atoms with Crippen LogP contribution in [0.15, 0.2) is 36.4 Å². The lowest BCUT2D eigenvalue weighted by molar-refractivity contribution is -0.137. The maximum atomic E-state index is 11.5. The molecule has 2 unspecified atom stereocenters. The van der Waals surface area contributed by atoms with Crippen molar-refractivity contribution in [1.82, 2.24) is 0 Å². The molecular weight excluding hydrogens is 484 g/mol. The van der Waals surface area contributed by atoms with Crippen LogP contribution in [-0.2, 0) is 4.79 Å². The van der Waals surface area contributed by atoms with Crippen molar-refractivity contribution in [1.29, 1.82) is 0 Å². The Kier molecular flexibility index (Phi) is 9.64. The molecule has 6 heteroatoms. The van der Waals surface area contributed by atoms with Gasteiger partial charge in [0.2, 0.25) is 0 Å². The fourth-order valence-corrected chi connectivity index (χ4v) is 5.77. The molecule has 0 radical (unpaired) electrons. The van der Waals surface area contributed by atoms with Crippen LogP contribution < -0.4 is 15.4 Å². The SMILES string of the molecule is CCC(CC(=O)O)c1ccc(NC(C(C)C)C2CCCCC2)c(Nc2ccc(Cl)c(OCC3CC3)c2)c1. The monoisotopic (exact) mass is 526 g/mol. The molecule has 202 valence electrons. The average Bonchev–Trinajstić information content (AvgIpc) is 3.71. The molecule has 0 spiro atoms. The van der Waals surface area contributed by atoms with Gasteiger partial charge in [0.25, 0.3) is 0 Å². The molecule has 2 aromatic rings. The predicted molar refractivity (Wildman–Crippen MR) is 154 cm³/mol. The summed E-state index contributed by atoms with van der Waals surface area (Å²) in [4.78, 5) is 11.5. The van der Waals surface area contributed by atoms with Gasteiger partial charge in [0.05, 0.1) is 29.4 Å². The van der Waals surface area contributed by atoms with E-state index in [0.29, 0.717) is 41.2 Å². The fraction of sp³-hybridized carbons (Fsp3) is 0.581. The third-order valence-corrected chi connectivity index (χ3v) is 8.32. The van der Waals surface area contributed by atoms with E-state index in [2.05, 4.69) is 42.7 Å². The third kappa shape index (κ3) is 7.80. The largest absolute Gasteiger partial charge is 0.492 e. The van der Waals surface area contributed by atoms with E-state index in [0.717, 1.165) is 29.0 Å². The highest BCUT2D eigenvalue weighted by atomic mass is 35.5. The summed E-state index contributed by atoms with van der Waals surface area (Å²) in [6.45, 7) is 7.36. The van der Waals surface area contributed by atoms with Crippen LogP contribution in [0.5, 0.6) is 5.75 Å². The number of nitrogens with one attached hydrogen (secondary N) is 2. The van der Waals surface area contributed by atoms with Gasteiger partial charge >= 0.3 is 5.97 Å². The van der Waals surface area contributed by atoms with E-state index in [1.807, 2.05) is 25.1 Å². The molecular formula is C31H43ClN2O3. The average molecular weight is 527 g/mol. The molecule has 2 fully saturated rings. The summed E-state index contributed by atoms with van der Waals surface area (Å²) in [5, 5.41) is 17.6. The Morgan fingerprint density at radius 2 is 1.81 bits per heavy atom. The molecule has 2 saturated carbocycles. The smallest absolute Gasteiger partial charge is 0.303 e. The van der Waals surface area contributed by atoms with Crippen LogP contribution in [-0.4, -0.2) is 23.7 Å². The summed E-state index contributed by atoms with van der Waals surface area (Å²) >= 11 is 6.44. The number of aliphatic carboxylic acids is 1. The number of hydrogen-bond acceptors (Lipinski definition) is 4. The minimum atomic E-state index is -0.768. The van der Waals surface area contributed by atoms with Gasteiger partial charge in [-0.1, -0.05) is 57.7 Å². The predicted octanol–water partition coefficient (Wildman–Crippen LogP) is 8.86. The Balaban J connectivity index is 1.63. The Bertz CT molecular complexity index is 1050. The first kappa shape index (κ1) is 27.6. The highest BCUT2D eigenvalue weighted by molar-refractivity contribution is 6.32. The van der Waals surface area contributed by atoms with Gasteiger partial charge in [-0.05, 0) is 85.6 Å². The van der Waals surface area contributed by atoms with Crippen LogP contribution in [0.1, 0.15) is 90.0 Å². The number of rotatable bonds is 13. The van der Waals surface area contributed by atoms with E-state index >= 15 is 0 Å². The molecule has 37 heavy (non-hydrogen) atoms. The molecule has 0 bridgehead atoms. The second-order valence-electron chi connectivity index (χ2n) is 11.3. The number of benzene rings is 2. The molecule has 0 saturated heterocycles. The van der Waals surface area contributed by atoms with Gasteiger partial charge in [0.15, 0.2) is 0 Å². The summed E-state index contributed by atoms with van der Waals surface area (Å²) < 4.78 is 6.01. The molecule has 2 aliphatic rings. The third-order valence-electron chi connectivity index (χ3n) is 8.01. The molecule has 2 atom stereocenters. The summed E-state index contributed by atoms with van der Waals surface area (Å²) in [7, 11) is 0. The van der Waals surface area contributed by atoms with Gasteiger partial charge in [-0.25, -0.2) is 0 Å². The number of carbonyl (C=O) groups is 1. The molecule has 0 aromatic heterocycles. The molecule has 0 amide bonds.